The summed E-state index contributed by atoms with van der Waals surface area (Å²) in [5.41, 5.74) is 0.582. The first-order valence-electron chi connectivity index (χ1n) is 8.97. The van der Waals surface area contributed by atoms with Crippen LogP contribution in [0, 0.1) is 0 Å². The van der Waals surface area contributed by atoms with Crippen LogP contribution in [0.5, 0.6) is 0 Å². The third-order valence-electron chi connectivity index (χ3n) is 4.80. The summed E-state index contributed by atoms with van der Waals surface area (Å²) in [6, 6.07) is 12.5. The van der Waals surface area contributed by atoms with Gasteiger partial charge in [0.25, 0.3) is 0 Å². The van der Waals surface area contributed by atoms with E-state index in [1.165, 1.54) is 12.1 Å². The first-order chi connectivity index (χ1) is 13.4. The molecule has 146 valence electrons. The molecular formula is C20H18F3N3OS. The summed E-state index contributed by atoms with van der Waals surface area (Å²) in [6.07, 6.45) is -2.47. The number of hydrogen-bond donors (Lipinski definition) is 1. The van der Waals surface area contributed by atoms with Gasteiger partial charge >= 0.3 is 6.18 Å². The number of benzene rings is 2. The number of anilines is 1. The molecule has 4 rings (SSSR count). The zero-order chi connectivity index (χ0) is 19.7. The monoisotopic (exact) mass is 405 g/mol. The van der Waals surface area contributed by atoms with Gasteiger partial charge in [-0.15, -0.1) is 11.3 Å². The van der Waals surface area contributed by atoms with E-state index in [0.717, 1.165) is 46.7 Å². The lowest BCUT2D eigenvalue weighted by Gasteiger charge is -2.22. The van der Waals surface area contributed by atoms with E-state index in [2.05, 4.69) is 10.2 Å². The second-order valence-corrected chi connectivity index (χ2v) is 7.83. The fourth-order valence-corrected chi connectivity index (χ4v) is 4.59. The molecule has 1 aliphatic rings. The van der Waals surface area contributed by atoms with E-state index in [0.29, 0.717) is 5.69 Å². The maximum atomic E-state index is 12.6. The number of thiazole rings is 1. The number of carbonyl (C=O) groups excluding carboxylic acids is 1. The minimum absolute atomic E-state index is 0.0933. The van der Waals surface area contributed by atoms with Gasteiger partial charge in [-0.1, -0.05) is 12.1 Å². The molecule has 0 aliphatic carbocycles. The number of fused-ring (bicyclic) bond motifs is 1. The van der Waals surface area contributed by atoms with Gasteiger partial charge < -0.3 is 5.32 Å². The van der Waals surface area contributed by atoms with Crippen molar-refractivity contribution < 1.29 is 18.0 Å². The lowest BCUT2D eigenvalue weighted by molar-refractivity contribution is -0.137. The van der Waals surface area contributed by atoms with Crippen LogP contribution in [0.3, 0.4) is 0 Å². The highest BCUT2D eigenvalue weighted by Crippen LogP contribution is 2.36. The molecule has 1 atom stereocenters. The summed E-state index contributed by atoms with van der Waals surface area (Å²) >= 11 is 1.64. The van der Waals surface area contributed by atoms with Crippen molar-refractivity contribution in [2.75, 3.05) is 18.4 Å². The zero-order valence-corrected chi connectivity index (χ0v) is 15.7. The molecule has 1 amide bonds. The molecule has 2 aromatic carbocycles. The van der Waals surface area contributed by atoms with Gasteiger partial charge in [0.1, 0.15) is 5.01 Å². The normalized spacial score (nSPS) is 17.9. The van der Waals surface area contributed by atoms with Crippen molar-refractivity contribution in [3.05, 3.63) is 59.1 Å². The van der Waals surface area contributed by atoms with E-state index in [4.69, 9.17) is 4.98 Å². The number of likely N-dealkylation sites (tertiary alicyclic amines) is 1. The van der Waals surface area contributed by atoms with E-state index >= 15 is 0 Å². The first kappa shape index (κ1) is 18.9. The molecule has 28 heavy (non-hydrogen) atoms. The van der Waals surface area contributed by atoms with Crippen LogP contribution in [-0.2, 0) is 11.0 Å². The van der Waals surface area contributed by atoms with E-state index in [1.54, 1.807) is 11.3 Å². The zero-order valence-electron chi connectivity index (χ0n) is 14.9. The van der Waals surface area contributed by atoms with Gasteiger partial charge in [0.05, 0.1) is 28.4 Å². The summed E-state index contributed by atoms with van der Waals surface area (Å²) in [6.45, 7) is 0.975. The number of halogens is 3. The van der Waals surface area contributed by atoms with Gasteiger partial charge in [-0.2, -0.15) is 13.2 Å². The van der Waals surface area contributed by atoms with Gasteiger partial charge in [-0.05, 0) is 55.8 Å². The summed E-state index contributed by atoms with van der Waals surface area (Å²) < 4.78 is 39.0. The first-order valence-corrected chi connectivity index (χ1v) is 9.78. The van der Waals surface area contributed by atoms with Gasteiger partial charge in [0.15, 0.2) is 0 Å². The lowest BCUT2D eigenvalue weighted by atomic mass is 10.2. The Kier molecular flexibility index (Phi) is 5.07. The number of carbonyl (C=O) groups is 1. The smallest absolute Gasteiger partial charge is 0.325 e. The molecule has 0 radical (unpaired) electrons. The van der Waals surface area contributed by atoms with Crippen LogP contribution in [0.1, 0.15) is 29.5 Å². The predicted octanol–water partition coefficient (Wildman–Crippen LogP) is 5.09. The molecule has 0 saturated carbocycles. The fourth-order valence-electron chi connectivity index (χ4n) is 3.46. The molecule has 1 unspecified atom stereocenters. The van der Waals surface area contributed by atoms with Crippen LogP contribution in [0.4, 0.5) is 18.9 Å². The Hall–Kier alpha value is -2.45. The molecule has 3 aromatic rings. The molecule has 4 nitrogen and oxygen atoms in total. The third-order valence-corrected chi connectivity index (χ3v) is 5.94. The van der Waals surface area contributed by atoms with Gasteiger partial charge in [0, 0.05) is 5.69 Å². The van der Waals surface area contributed by atoms with E-state index in [1.807, 2.05) is 24.3 Å². The average molecular weight is 405 g/mol. The average Bonchev–Trinajstić information content (AvgIpc) is 3.27. The predicted molar refractivity (Wildman–Crippen MR) is 103 cm³/mol. The Balaban J connectivity index is 1.42. The van der Waals surface area contributed by atoms with Crippen LogP contribution in [0.15, 0.2) is 48.5 Å². The van der Waals surface area contributed by atoms with Crippen molar-refractivity contribution in [2.24, 2.45) is 0 Å². The molecule has 0 bridgehead atoms. The fraction of sp³-hybridized carbons (Fsp3) is 0.300. The maximum absolute atomic E-state index is 12.6. The van der Waals surface area contributed by atoms with Gasteiger partial charge in [-0.3, -0.25) is 9.69 Å². The van der Waals surface area contributed by atoms with Crippen molar-refractivity contribution in [3.63, 3.8) is 0 Å². The molecule has 0 spiro atoms. The van der Waals surface area contributed by atoms with E-state index < -0.39 is 11.7 Å². The number of hydrogen-bond acceptors (Lipinski definition) is 4. The summed E-state index contributed by atoms with van der Waals surface area (Å²) in [7, 11) is 0. The largest absolute Gasteiger partial charge is 0.416 e. The number of rotatable bonds is 4. The van der Waals surface area contributed by atoms with E-state index in [-0.39, 0.29) is 18.5 Å². The highest BCUT2D eigenvalue weighted by Gasteiger charge is 2.31. The summed E-state index contributed by atoms with van der Waals surface area (Å²) in [5, 5.41) is 3.68. The highest BCUT2D eigenvalue weighted by atomic mass is 32.1. The second kappa shape index (κ2) is 7.52. The van der Waals surface area contributed by atoms with Crippen LogP contribution in [-0.4, -0.2) is 28.9 Å². The molecule has 2 heterocycles. The summed E-state index contributed by atoms with van der Waals surface area (Å²) in [4.78, 5) is 19.2. The Labute approximate surface area is 164 Å². The number of aromatic nitrogens is 1. The van der Waals surface area contributed by atoms with Crippen LogP contribution in [0.2, 0.25) is 0 Å². The molecule has 1 fully saturated rings. The van der Waals surface area contributed by atoms with Crippen molar-refractivity contribution in [1.29, 1.82) is 0 Å². The molecule has 8 heteroatoms. The Morgan fingerprint density at radius 1 is 1.18 bits per heavy atom. The molecular weight excluding hydrogens is 387 g/mol. The van der Waals surface area contributed by atoms with Crippen molar-refractivity contribution in [3.8, 4) is 0 Å². The minimum atomic E-state index is -4.39. The van der Waals surface area contributed by atoms with Gasteiger partial charge in [-0.25, -0.2) is 4.98 Å². The minimum Gasteiger partial charge on any atom is -0.325 e. The maximum Gasteiger partial charge on any atom is 0.416 e. The standard InChI is InChI=1S/C20H18F3N3OS/c21-20(22,23)13-7-9-14(10-8-13)24-18(27)12-26-11-3-5-16(26)19-25-15-4-1-2-6-17(15)28-19/h1-2,4,6-10,16H,3,5,11-12H2,(H,24,27). The highest BCUT2D eigenvalue weighted by molar-refractivity contribution is 7.18. The lowest BCUT2D eigenvalue weighted by Crippen LogP contribution is -2.32. The van der Waals surface area contributed by atoms with Crippen LogP contribution in [0.25, 0.3) is 10.2 Å². The van der Waals surface area contributed by atoms with E-state index in [9.17, 15) is 18.0 Å². The number of para-hydroxylation sites is 1. The Bertz CT molecular complexity index is 951. The number of amides is 1. The summed E-state index contributed by atoms with van der Waals surface area (Å²) in [5.74, 6) is -0.243. The molecule has 1 aliphatic heterocycles. The quantitative estimate of drug-likeness (QED) is 0.658. The molecule has 1 aromatic heterocycles. The SMILES string of the molecule is O=C(CN1CCCC1c1nc2ccccc2s1)Nc1ccc(C(F)(F)F)cc1. The van der Waals surface area contributed by atoms with Crippen molar-refractivity contribution >= 4 is 33.1 Å². The molecule has 1 N–H and O–H groups in total. The second-order valence-electron chi connectivity index (χ2n) is 6.77. The third kappa shape index (κ3) is 4.02. The van der Waals surface area contributed by atoms with Crippen LogP contribution < -0.4 is 5.32 Å². The molecule has 1 saturated heterocycles. The number of alkyl halides is 3. The Morgan fingerprint density at radius 3 is 2.64 bits per heavy atom. The topological polar surface area (TPSA) is 45.2 Å². The van der Waals surface area contributed by atoms with Crippen molar-refractivity contribution in [2.45, 2.75) is 25.1 Å². The number of nitrogens with zero attached hydrogens (tertiary/aromatic N) is 2. The Morgan fingerprint density at radius 2 is 1.93 bits per heavy atom. The number of nitrogens with one attached hydrogen (secondary N) is 1. The van der Waals surface area contributed by atoms with Gasteiger partial charge in [0.2, 0.25) is 5.91 Å². The van der Waals surface area contributed by atoms with Crippen LogP contribution >= 0.6 is 11.3 Å². The van der Waals surface area contributed by atoms with Crippen molar-refractivity contribution in [1.82, 2.24) is 9.88 Å².